The van der Waals surface area contributed by atoms with Gasteiger partial charge in [-0.25, -0.2) is 0 Å². The average Bonchev–Trinajstić information content (AvgIpc) is 2.38. The number of aryl methyl sites for hydroxylation is 1. The van der Waals surface area contributed by atoms with Crippen LogP contribution in [-0.2, 0) is 13.0 Å². The van der Waals surface area contributed by atoms with Crippen molar-refractivity contribution in [1.82, 2.24) is 4.98 Å². The van der Waals surface area contributed by atoms with Gasteiger partial charge in [0, 0.05) is 10.7 Å². The van der Waals surface area contributed by atoms with Crippen LogP contribution in [0.3, 0.4) is 0 Å². The quantitative estimate of drug-likeness (QED) is 0.850. The molecule has 0 aliphatic heterocycles. The Morgan fingerprint density at radius 2 is 2.00 bits per heavy atom. The summed E-state index contributed by atoms with van der Waals surface area (Å²) in [6.45, 7) is 2.63. The first-order valence-electron chi connectivity index (χ1n) is 5.60. The monoisotopic (exact) mass is 291 g/mol. The summed E-state index contributed by atoms with van der Waals surface area (Å²) < 4.78 is 6.76. The summed E-state index contributed by atoms with van der Waals surface area (Å²) in [5.41, 5.74) is 2.16. The lowest BCUT2D eigenvalue weighted by molar-refractivity contribution is 0.298. The molecule has 0 atom stereocenters. The van der Waals surface area contributed by atoms with Crippen molar-refractivity contribution < 1.29 is 4.74 Å². The molecule has 0 unspecified atom stereocenters. The second kappa shape index (κ2) is 5.82. The SMILES string of the molecule is CCc1ccccc1OCc1ccc(Br)cn1. The molecule has 0 saturated heterocycles. The van der Waals surface area contributed by atoms with E-state index in [1.807, 2.05) is 30.3 Å². The lowest BCUT2D eigenvalue weighted by atomic mass is 10.1. The van der Waals surface area contributed by atoms with Crippen LogP contribution in [-0.4, -0.2) is 4.98 Å². The average molecular weight is 292 g/mol. The Bertz CT molecular complexity index is 482. The fraction of sp³-hybridized carbons (Fsp3) is 0.214. The van der Waals surface area contributed by atoms with Crippen LogP contribution in [0.25, 0.3) is 0 Å². The fourth-order valence-electron chi connectivity index (χ4n) is 1.58. The van der Waals surface area contributed by atoms with Crippen LogP contribution in [0, 0.1) is 0 Å². The Labute approximate surface area is 110 Å². The van der Waals surface area contributed by atoms with E-state index < -0.39 is 0 Å². The number of benzene rings is 1. The van der Waals surface area contributed by atoms with Crippen molar-refractivity contribution >= 4 is 15.9 Å². The van der Waals surface area contributed by atoms with E-state index in [4.69, 9.17) is 4.74 Å². The summed E-state index contributed by atoms with van der Waals surface area (Å²) in [5, 5.41) is 0. The molecule has 0 amide bonds. The van der Waals surface area contributed by atoms with Gasteiger partial charge in [-0.2, -0.15) is 0 Å². The minimum atomic E-state index is 0.504. The molecule has 0 aliphatic carbocycles. The Morgan fingerprint density at radius 1 is 1.18 bits per heavy atom. The summed E-state index contributed by atoms with van der Waals surface area (Å²) in [6, 6.07) is 12.0. The topological polar surface area (TPSA) is 22.1 Å². The number of halogens is 1. The number of pyridine rings is 1. The van der Waals surface area contributed by atoms with E-state index in [2.05, 4.69) is 33.9 Å². The number of hydrogen-bond donors (Lipinski definition) is 0. The number of aromatic nitrogens is 1. The zero-order chi connectivity index (χ0) is 12.1. The highest BCUT2D eigenvalue weighted by Crippen LogP contribution is 2.19. The fourth-order valence-corrected chi connectivity index (χ4v) is 1.81. The van der Waals surface area contributed by atoms with Crippen molar-refractivity contribution in [2.75, 3.05) is 0 Å². The normalized spacial score (nSPS) is 10.2. The molecule has 2 aromatic rings. The molecular weight excluding hydrogens is 278 g/mol. The molecule has 17 heavy (non-hydrogen) atoms. The van der Waals surface area contributed by atoms with Crippen molar-refractivity contribution in [2.45, 2.75) is 20.0 Å². The summed E-state index contributed by atoms with van der Waals surface area (Å²) in [7, 11) is 0. The second-order valence-corrected chi connectivity index (χ2v) is 4.63. The van der Waals surface area contributed by atoms with Gasteiger partial charge in [0.1, 0.15) is 12.4 Å². The van der Waals surface area contributed by atoms with Gasteiger partial charge in [-0.1, -0.05) is 25.1 Å². The third kappa shape index (κ3) is 3.30. The molecule has 0 bridgehead atoms. The van der Waals surface area contributed by atoms with Gasteiger partial charge in [0.2, 0.25) is 0 Å². The summed E-state index contributed by atoms with van der Waals surface area (Å²) >= 11 is 3.36. The van der Waals surface area contributed by atoms with Crippen LogP contribution in [0.5, 0.6) is 5.75 Å². The minimum Gasteiger partial charge on any atom is -0.487 e. The Hall–Kier alpha value is -1.35. The van der Waals surface area contributed by atoms with E-state index in [0.29, 0.717) is 6.61 Å². The predicted octanol–water partition coefficient (Wildman–Crippen LogP) is 3.99. The summed E-state index contributed by atoms with van der Waals surface area (Å²) in [6.07, 6.45) is 2.76. The number of para-hydroxylation sites is 1. The Kier molecular flexibility index (Phi) is 4.15. The van der Waals surface area contributed by atoms with Gasteiger partial charge in [-0.15, -0.1) is 0 Å². The van der Waals surface area contributed by atoms with Gasteiger partial charge in [-0.05, 0) is 46.1 Å². The maximum Gasteiger partial charge on any atom is 0.130 e. The van der Waals surface area contributed by atoms with Gasteiger partial charge >= 0.3 is 0 Å². The largest absolute Gasteiger partial charge is 0.487 e. The zero-order valence-corrected chi connectivity index (χ0v) is 11.3. The lowest BCUT2D eigenvalue weighted by Crippen LogP contribution is -1.99. The molecule has 0 aliphatic rings. The lowest BCUT2D eigenvalue weighted by Gasteiger charge is -2.09. The van der Waals surface area contributed by atoms with Crippen molar-refractivity contribution in [1.29, 1.82) is 0 Å². The van der Waals surface area contributed by atoms with E-state index in [-0.39, 0.29) is 0 Å². The molecule has 1 aromatic heterocycles. The number of rotatable bonds is 4. The molecule has 2 rings (SSSR count). The highest BCUT2D eigenvalue weighted by molar-refractivity contribution is 9.10. The third-order valence-corrected chi connectivity index (χ3v) is 2.99. The van der Waals surface area contributed by atoms with Crippen molar-refractivity contribution in [3.05, 3.63) is 58.3 Å². The van der Waals surface area contributed by atoms with Crippen LogP contribution in [0.15, 0.2) is 47.1 Å². The van der Waals surface area contributed by atoms with Crippen molar-refractivity contribution in [2.24, 2.45) is 0 Å². The smallest absolute Gasteiger partial charge is 0.130 e. The maximum absolute atomic E-state index is 5.78. The van der Waals surface area contributed by atoms with E-state index in [1.54, 1.807) is 6.20 Å². The molecule has 3 heteroatoms. The van der Waals surface area contributed by atoms with Crippen LogP contribution in [0.2, 0.25) is 0 Å². The zero-order valence-electron chi connectivity index (χ0n) is 9.69. The van der Waals surface area contributed by atoms with E-state index in [1.165, 1.54) is 5.56 Å². The minimum absolute atomic E-state index is 0.504. The molecule has 2 nitrogen and oxygen atoms in total. The molecule has 1 aromatic carbocycles. The van der Waals surface area contributed by atoms with Gasteiger partial charge in [0.25, 0.3) is 0 Å². The van der Waals surface area contributed by atoms with Crippen molar-refractivity contribution in [3.63, 3.8) is 0 Å². The molecule has 0 radical (unpaired) electrons. The first-order valence-corrected chi connectivity index (χ1v) is 6.40. The van der Waals surface area contributed by atoms with Crippen LogP contribution in [0.1, 0.15) is 18.2 Å². The number of nitrogens with zero attached hydrogens (tertiary/aromatic N) is 1. The molecular formula is C14H14BrNO. The molecule has 0 saturated carbocycles. The first kappa shape index (κ1) is 12.1. The van der Waals surface area contributed by atoms with Gasteiger partial charge in [-0.3, -0.25) is 4.98 Å². The van der Waals surface area contributed by atoms with Crippen LogP contribution in [0.4, 0.5) is 0 Å². The van der Waals surface area contributed by atoms with Gasteiger partial charge in [0.15, 0.2) is 0 Å². The first-order chi connectivity index (χ1) is 8.29. The predicted molar refractivity (Wildman–Crippen MR) is 72.1 cm³/mol. The summed E-state index contributed by atoms with van der Waals surface area (Å²) in [4.78, 5) is 4.28. The number of ether oxygens (including phenoxy) is 1. The van der Waals surface area contributed by atoms with E-state index in [9.17, 15) is 0 Å². The van der Waals surface area contributed by atoms with E-state index in [0.717, 1.165) is 22.3 Å². The molecule has 0 spiro atoms. The maximum atomic E-state index is 5.78. The highest BCUT2D eigenvalue weighted by atomic mass is 79.9. The Balaban J connectivity index is 2.04. The summed E-state index contributed by atoms with van der Waals surface area (Å²) in [5.74, 6) is 0.944. The van der Waals surface area contributed by atoms with Crippen LogP contribution >= 0.6 is 15.9 Å². The van der Waals surface area contributed by atoms with E-state index >= 15 is 0 Å². The highest BCUT2D eigenvalue weighted by Gasteiger charge is 2.01. The molecule has 88 valence electrons. The third-order valence-electron chi connectivity index (χ3n) is 2.52. The standard InChI is InChI=1S/C14H14BrNO/c1-2-11-5-3-4-6-14(11)17-10-13-8-7-12(15)9-16-13/h3-9H,2,10H2,1H3. The molecule has 0 N–H and O–H groups in total. The van der Waals surface area contributed by atoms with Gasteiger partial charge < -0.3 is 4.74 Å². The van der Waals surface area contributed by atoms with Crippen molar-refractivity contribution in [3.8, 4) is 5.75 Å². The van der Waals surface area contributed by atoms with Crippen LogP contribution < -0.4 is 4.74 Å². The Morgan fingerprint density at radius 3 is 2.71 bits per heavy atom. The van der Waals surface area contributed by atoms with Gasteiger partial charge in [0.05, 0.1) is 5.69 Å². The number of hydrogen-bond acceptors (Lipinski definition) is 2. The second-order valence-electron chi connectivity index (χ2n) is 3.72. The molecule has 1 heterocycles. The molecule has 0 fully saturated rings.